The first-order chi connectivity index (χ1) is 8.99. The Labute approximate surface area is 108 Å². The highest BCUT2D eigenvalue weighted by Crippen LogP contribution is 2.12. The lowest BCUT2D eigenvalue weighted by molar-refractivity contribution is -0.385. The van der Waals surface area contributed by atoms with Crippen molar-refractivity contribution in [3.8, 4) is 0 Å². The first kappa shape index (κ1) is 12.9. The Kier molecular flexibility index (Phi) is 3.41. The van der Waals surface area contributed by atoms with E-state index in [0.29, 0.717) is 5.56 Å². The minimum atomic E-state index is -0.579. The zero-order valence-corrected chi connectivity index (χ0v) is 10.2. The third kappa shape index (κ3) is 2.67. The smallest absolute Gasteiger partial charge is 0.286 e. The molecule has 0 atom stereocenters. The predicted molar refractivity (Wildman–Crippen MR) is 67.6 cm³/mol. The van der Waals surface area contributed by atoms with Gasteiger partial charge >= 0.3 is 0 Å². The summed E-state index contributed by atoms with van der Waals surface area (Å²) in [6, 6.07) is 7.22. The van der Waals surface area contributed by atoms with Crippen LogP contribution >= 0.6 is 0 Å². The van der Waals surface area contributed by atoms with Crippen LogP contribution < -0.4 is 5.56 Å². The quantitative estimate of drug-likeness (QED) is 0.629. The average Bonchev–Trinajstić information content (AvgIpc) is 2.37. The van der Waals surface area contributed by atoms with Gasteiger partial charge in [0, 0.05) is 17.2 Å². The number of halogens is 1. The average molecular weight is 262 g/mol. The van der Waals surface area contributed by atoms with E-state index in [0.717, 1.165) is 10.8 Å². The molecule has 0 saturated carbocycles. The second-order valence-electron chi connectivity index (χ2n) is 4.16. The number of hydrogen-bond donors (Lipinski definition) is 0. The fourth-order valence-corrected chi connectivity index (χ4v) is 1.79. The molecule has 2 aromatic rings. The van der Waals surface area contributed by atoms with Crippen LogP contribution in [0.25, 0.3) is 0 Å². The maximum atomic E-state index is 13.5. The molecule has 0 saturated heterocycles. The van der Waals surface area contributed by atoms with Gasteiger partial charge in [-0.05, 0) is 13.0 Å². The molecule has 2 rings (SSSR count). The monoisotopic (exact) mass is 262 g/mol. The lowest BCUT2D eigenvalue weighted by atomic mass is 10.2. The lowest BCUT2D eigenvalue weighted by Crippen LogP contribution is -2.23. The zero-order valence-electron chi connectivity index (χ0n) is 10.2. The van der Waals surface area contributed by atoms with Crippen molar-refractivity contribution in [3.05, 3.63) is 73.9 Å². The van der Waals surface area contributed by atoms with Crippen molar-refractivity contribution in [1.82, 2.24) is 4.57 Å². The molecule has 0 aliphatic heterocycles. The minimum Gasteiger partial charge on any atom is -0.304 e. The van der Waals surface area contributed by atoms with E-state index < -0.39 is 10.7 Å². The van der Waals surface area contributed by atoms with Crippen molar-refractivity contribution in [2.24, 2.45) is 0 Å². The molecule has 98 valence electrons. The number of aromatic nitrogens is 1. The van der Waals surface area contributed by atoms with Gasteiger partial charge in [0.2, 0.25) is 0 Å². The van der Waals surface area contributed by atoms with E-state index in [1.807, 2.05) is 0 Å². The van der Waals surface area contributed by atoms with Gasteiger partial charge in [-0.3, -0.25) is 14.9 Å². The Balaban J connectivity index is 2.48. The van der Waals surface area contributed by atoms with Crippen LogP contribution in [0, 0.1) is 22.9 Å². The highest BCUT2D eigenvalue weighted by Gasteiger charge is 2.12. The number of benzene rings is 1. The molecule has 0 N–H and O–H groups in total. The number of nitro groups is 1. The third-order valence-electron chi connectivity index (χ3n) is 2.76. The van der Waals surface area contributed by atoms with Crippen molar-refractivity contribution >= 4 is 5.69 Å². The highest BCUT2D eigenvalue weighted by atomic mass is 19.1. The van der Waals surface area contributed by atoms with E-state index in [-0.39, 0.29) is 23.4 Å². The Bertz CT molecular complexity index is 695. The van der Waals surface area contributed by atoms with Gasteiger partial charge < -0.3 is 4.57 Å². The van der Waals surface area contributed by atoms with E-state index in [1.54, 1.807) is 12.1 Å². The molecule has 1 heterocycles. The summed E-state index contributed by atoms with van der Waals surface area (Å²) >= 11 is 0. The minimum absolute atomic E-state index is 0.0337. The van der Waals surface area contributed by atoms with Crippen molar-refractivity contribution in [1.29, 1.82) is 0 Å². The molecular formula is C13H11FN2O3. The number of rotatable bonds is 3. The van der Waals surface area contributed by atoms with Crippen LogP contribution in [0.15, 0.2) is 41.3 Å². The number of nitrogens with zero attached hydrogens (tertiary/aromatic N) is 2. The summed E-state index contributed by atoms with van der Waals surface area (Å²) in [6.07, 6.45) is 1.13. The van der Waals surface area contributed by atoms with Crippen LogP contribution in [0.5, 0.6) is 0 Å². The summed E-state index contributed by atoms with van der Waals surface area (Å²) in [4.78, 5) is 22.1. The van der Waals surface area contributed by atoms with E-state index in [2.05, 4.69) is 0 Å². The van der Waals surface area contributed by atoms with Gasteiger partial charge in [-0.2, -0.15) is 0 Å². The summed E-state index contributed by atoms with van der Waals surface area (Å²) in [5, 5.41) is 10.8. The van der Waals surface area contributed by atoms with Crippen LogP contribution in [-0.2, 0) is 6.54 Å². The summed E-state index contributed by atoms with van der Waals surface area (Å²) in [5.41, 5.74) is 0.0114. The molecule has 0 fully saturated rings. The molecule has 0 amide bonds. The fraction of sp³-hybridized carbons (Fsp3) is 0.154. The van der Waals surface area contributed by atoms with Gasteiger partial charge in [0.15, 0.2) is 0 Å². The van der Waals surface area contributed by atoms with Crippen LogP contribution in [0.3, 0.4) is 0 Å². The third-order valence-corrected chi connectivity index (χ3v) is 2.76. The van der Waals surface area contributed by atoms with Crippen molar-refractivity contribution in [2.75, 3.05) is 0 Å². The molecule has 6 heteroatoms. The van der Waals surface area contributed by atoms with Crippen LogP contribution in [0.4, 0.5) is 10.1 Å². The van der Waals surface area contributed by atoms with Crippen LogP contribution in [0.1, 0.15) is 11.1 Å². The number of aryl methyl sites for hydroxylation is 1. The Morgan fingerprint density at radius 3 is 2.68 bits per heavy atom. The van der Waals surface area contributed by atoms with E-state index in [4.69, 9.17) is 0 Å². The zero-order chi connectivity index (χ0) is 14.0. The molecule has 19 heavy (non-hydrogen) atoms. The number of hydrogen-bond acceptors (Lipinski definition) is 3. The Morgan fingerprint density at radius 2 is 2.05 bits per heavy atom. The molecule has 0 aliphatic rings. The van der Waals surface area contributed by atoms with Gasteiger partial charge in [-0.25, -0.2) is 4.39 Å². The second kappa shape index (κ2) is 5.01. The van der Waals surface area contributed by atoms with Gasteiger partial charge in [-0.1, -0.05) is 18.2 Å². The molecule has 5 nitrogen and oxygen atoms in total. The summed E-state index contributed by atoms with van der Waals surface area (Å²) in [6.45, 7) is 1.46. The standard InChI is InChI=1S/C13H11FN2O3/c1-9-6-11(16(18)19)8-15(13(9)17)7-10-4-2-3-5-12(10)14/h2-6,8H,7H2,1H3. The molecule has 1 aromatic heterocycles. The Morgan fingerprint density at radius 1 is 1.37 bits per heavy atom. The molecule has 0 spiro atoms. The second-order valence-corrected chi connectivity index (χ2v) is 4.16. The largest absolute Gasteiger partial charge is 0.304 e. The number of pyridine rings is 1. The SMILES string of the molecule is Cc1cc([N+](=O)[O-])cn(Cc2ccccc2F)c1=O. The van der Waals surface area contributed by atoms with Gasteiger partial charge in [0.25, 0.3) is 11.2 Å². The maximum Gasteiger partial charge on any atom is 0.286 e. The Hall–Kier alpha value is -2.50. The molecule has 0 aliphatic carbocycles. The molecule has 0 radical (unpaired) electrons. The van der Waals surface area contributed by atoms with Gasteiger partial charge in [0.05, 0.1) is 17.7 Å². The summed E-state index contributed by atoms with van der Waals surface area (Å²) in [7, 11) is 0. The first-order valence-electron chi connectivity index (χ1n) is 5.58. The van der Waals surface area contributed by atoms with Crippen LogP contribution in [-0.4, -0.2) is 9.49 Å². The first-order valence-corrected chi connectivity index (χ1v) is 5.58. The van der Waals surface area contributed by atoms with E-state index in [1.165, 1.54) is 25.1 Å². The predicted octanol–water partition coefficient (Wildman–Crippen LogP) is 2.25. The summed E-state index contributed by atoms with van der Waals surface area (Å²) < 4.78 is 14.7. The van der Waals surface area contributed by atoms with E-state index >= 15 is 0 Å². The van der Waals surface area contributed by atoms with Crippen molar-refractivity contribution in [2.45, 2.75) is 13.5 Å². The lowest BCUT2D eigenvalue weighted by Gasteiger charge is -2.07. The van der Waals surface area contributed by atoms with Crippen molar-refractivity contribution < 1.29 is 9.31 Å². The molecule has 1 aromatic carbocycles. The normalized spacial score (nSPS) is 10.4. The fourth-order valence-electron chi connectivity index (χ4n) is 1.79. The molecule has 0 unspecified atom stereocenters. The summed E-state index contributed by atoms with van der Waals surface area (Å²) in [5.74, 6) is -0.446. The molecular weight excluding hydrogens is 251 g/mol. The van der Waals surface area contributed by atoms with Gasteiger partial charge in [0.1, 0.15) is 5.82 Å². The van der Waals surface area contributed by atoms with E-state index in [9.17, 15) is 19.3 Å². The maximum absolute atomic E-state index is 13.5. The van der Waals surface area contributed by atoms with Gasteiger partial charge in [-0.15, -0.1) is 0 Å². The topological polar surface area (TPSA) is 65.1 Å². The highest BCUT2D eigenvalue weighted by molar-refractivity contribution is 5.31. The van der Waals surface area contributed by atoms with Crippen LogP contribution in [0.2, 0.25) is 0 Å². The molecule has 0 bridgehead atoms. The van der Waals surface area contributed by atoms with Crippen molar-refractivity contribution in [3.63, 3.8) is 0 Å².